The van der Waals surface area contributed by atoms with Crippen molar-refractivity contribution in [2.24, 2.45) is 0 Å². The number of hydrogen-bond acceptors (Lipinski definition) is 4. The molecule has 0 aliphatic heterocycles. The Morgan fingerprint density at radius 2 is 1.96 bits per heavy atom. The van der Waals surface area contributed by atoms with Crippen molar-refractivity contribution in [3.05, 3.63) is 52.3 Å². The number of aliphatic hydroxyl groups excluding tert-OH is 1. The largest absolute Gasteiger partial charge is 0.480 e. The van der Waals surface area contributed by atoms with Gasteiger partial charge in [-0.05, 0) is 49.4 Å². The molecule has 0 amide bonds. The Bertz CT molecular complexity index is 724. The number of aromatic amines is 1. The van der Waals surface area contributed by atoms with E-state index in [9.17, 15) is 9.90 Å². The molecule has 3 rings (SSSR count). The van der Waals surface area contributed by atoms with Crippen molar-refractivity contribution in [3.8, 4) is 0 Å². The molecule has 1 atom stereocenters. The molecule has 1 aliphatic rings. The zero-order valence-electron chi connectivity index (χ0n) is 14.5. The van der Waals surface area contributed by atoms with Crippen LogP contribution in [0.4, 0.5) is 0 Å². The average Bonchev–Trinajstić information content (AvgIpc) is 2.82. The molecule has 0 radical (unpaired) electrons. The molecule has 6 nitrogen and oxygen atoms in total. The van der Waals surface area contributed by atoms with Crippen molar-refractivity contribution in [2.75, 3.05) is 7.05 Å². The topological polar surface area (TPSA) is 89.5 Å². The number of likely N-dealkylation sites (N-methyl/N-ethyl adjacent to an activating group) is 1. The highest BCUT2D eigenvalue weighted by Gasteiger charge is 2.26. The number of carbonyl (C=O) groups is 1. The molecule has 134 valence electrons. The fourth-order valence-electron chi connectivity index (χ4n) is 3.58. The molecule has 1 aliphatic carbocycles. The number of benzene rings is 1. The summed E-state index contributed by atoms with van der Waals surface area (Å²) in [7, 11) is 1.82. The van der Waals surface area contributed by atoms with Crippen LogP contribution in [0.2, 0.25) is 0 Å². The standard InChI is InChI=1S/C19H25N3O3/c1-22(11-17-15-5-3-2-4-6-16(15)20-21-17)18(19(24)25)14-9-7-13(12-23)8-10-14/h7-10,18,23H,2-6,11-12H2,1H3,(H,20,21)(H,24,25). The Labute approximate surface area is 147 Å². The first kappa shape index (κ1) is 17.6. The minimum Gasteiger partial charge on any atom is -0.480 e. The van der Waals surface area contributed by atoms with Gasteiger partial charge in [-0.1, -0.05) is 30.7 Å². The molecule has 6 heteroatoms. The number of rotatable bonds is 6. The molecule has 3 N–H and O–H groups in total. The van der Waals surface area contributed by atoms with E-state index >= 15 is 0 Å². The van der Waals surface area contributed by atoms with Crippen LogP contribution in [0.25, 0.3) is 0 Å². The van der Waals surface area contributed by atoms with E-state index in [4.69, 9.17) is 5.11 Å². The van der Waals surface area contributed by atoms with Crippen LogP contribution in [-0.2, 0) is 30.8 Å². The van der Waals surface area contributed by atoms with Gasteiger partial charge in [0.15, 0.2) is 0 Å². The molecule has 1 aromatic carbocycles. The predicted octanol–water partition coefficient (Wildman–Crippen LogP) is 2.43. The number of aromatic nitrogens is 2. The zero-order valence-corrected chi connectivity index (χ0v) is 14.5. The van der Waals surface area contributed by atoms with Crippen molar-refractivity contribution in [3.63, 3.8) is 0 Å². The van der Waals surface area contributed by atoms with Crippen LogP contribution < -0.4 is 0 Å². The second-order valence-corrected chi connectivity index (χ2v) is 6.74. The van der Waals surface area contributed by atoms with Crippen molar-refractivity contribution < 1.29 is 15.0 Å². The summed E-state index contributed by atoms with van der Waals surface area (Å²) in [6, 6.07) is 6.32. The lowest BCUT2D eigenvalue weighted by atomic mass is 10.0. The van der Waals surface area contributed by atoms with Gasteiger partial charge >= 0.3 is 5.97 Å². The number of aryl methyl sites for hydroxylation is 1. The van der Waals surface area contributed by atoms with Gasteiger partial charge in [-0.3, -0.25) is 14.8 Å². The molecule has 0 saturated heterocycles. The lowest BCUT2D eigenvalue weighted by Crippen LogP contribution is -2.31. The number of carboxylic acid groups (broad SMARTS) is 1. The minimum atomic E-state index is -0.888. The maximum absolute atomic E-state index is 11.8. The van der Waals surface area contributed by atoms with Crippen molar-refractivity contribution in [1.29, 1.82) is 0 Å². The maximum Gasteiger partial charge on any atom is 0.325 e. The molecule has 1 aromatic heterocycles. The summed E-state index contributed by atoms with van der Waals surface area (Å²) >= 11 is 0. The van der Waals surface area contributed by atoms with Crippen LogP contribution in [0, 0.1) is 0 Å². The molecule has 0 fully saturated rings. The third kappa shape index (κ3) is 3.91. The SMILES string of the molecule is CN(Cc1n[nH]c2c1CCCCC2)C(C(=O)O)c1ccc(CO)cc1. The van der Waals surface area contributed by atoms with Crippen molar-refractivity contribution in [1.82, 2.24) is 15.1 Å². The Morgan fingerprint density at radius 3 is 2.64 bits per heavy atom. The first-order valence-corrected chi connectivity index (χ1v) is 8.78. The van der Waals surface area contributed by atoms with E-state index in [2.05, 4.69) is 10.2 Å². The maximum atomic E-state index is 11.8. The Hall–Kier alpha value is -2.18. The van der Waals surface area contributed by atoms with Gasteiger partial charge in [0.2, 0.25) is 0 Å². The molecule has 0 spiro atoms. The third-order valence-corrected chi connectivity index (χ3v) is 4.94. The highest BCUT2D eigenvalue weighted by Crippen LogP contribution is 2.26. The molecule has 25 heavy (non-hydrogen) atoms. The Balaban J connectivity index is 1.80. The highest BCUT2D eigenvalue weighted by molar-refractivity contribution is 5.75. The number of aliphatic hydroxyl groups is 1. The van der Waals surface area contributed by atoms with Gasteiger partial charge in [0.1, 0.15) is 6.04 Å². The molecule has 1 heterocycles. The van der Waals surface area contributed by atoms with Crippen LogP contribution in [0.5, 0.6) is 0 Å². The summed E-state index contributed by atoms with van der Waals surface area (Å²) in [6.07, 6.45) is 5.61. The van der Waals surface area contributed by atoms with Gasteiger partial charge in [-0.25, -0.2) is 0 Å². The van der Waals surface area contributed by atoms with E-state index in [0.29, 0.717) is 12.1 Å². The molecular weight excluding hydrogens is 318 g/mol. The summed E-state index contributed by atoms with van der Waals surface area (Å²) < 4.78 is 0. The highest BCUT2D eigenvalue weighted by atomic mass is 16.4. The van der Waals surface area contributed by atoms with Gasteiger partial charge in [0.05, 0.1) is 12.3 Å². The van der Waals surface area contributed by atoms with Gasteiger partial charge < -0.3 is 10.2 Å². The van der Waals surface area contributed by atoms with Crippen LogP contribution in [-0.4, -0.2) is 38.3 Å². The van der Waals surface area contributed by atoms with Gasteiger partial charge in [0, 0.05) is 12.2 Å². The van der Waals surface area contributed by atoms with Crippen LogP contribution in [0.15, 0.2) is 24.3 Å². The summed E-state index contributed by atoms with van der Waals surface area (Å²) in [5.41, 5.74) is 4.91. The minimum absolute atomic E-state index is 0.0483. The summed E-state index contributed by atoms with van der Waals surface area (Å²) in [5.74, 6) is -0.888. The lowest BCUT2D eigenvalue weighted by molar-refractivity contribution is -0.143. The number of hydrogen-bond donors (Lipinski definition) is 3. The molecular formula is C19H25N3O3. The fourth-order valence-corrected chi connectivity index (χ4v) is 3.58. The lowest BCUT2D eigenvalue weighted by Gasteiger charge is -2.24. The third-order valence-electron chi connectivity index (χ3n) is 4.94. The molecule has 0 saturated carbocycles. The molecule has 1 unspecified atom stereocenters. The number of H-pyrrole nitrogens is 1. The summed E-state index contributed by atoms with van der Waals surface area (Å²) in [4.78, 5) is 13.7. The summed E-state index contributed by atoms with van der Waals surface area (Å²) in [5, 5.41) is 26.5. The Kier molecular flexibility index (Phi) is 5.50. The number of nitrogens with one attached hydrogen (secondary N) is 1. The quantitative estimate of drug-likeness (QED) is 0.701. The first-order chi connectivity index (χ1) is 12.1. The average molecular weight is 343 g/mol. The monoisotopic (exact) mass is 343 g/mol. The second-order valence-electron chi connectivity index (χ2n) is 6.74. The van der Waals surface area contributed by atoms with E-state index < -0.39 is 12.0 Å². The van der Waals surface area contributed by atoms with Crippen LogP contribution in [0.1, 0.15) is 53.4 Å². The van der Waals surface area contributed by atoms with Crippen molar-refractivity contribution >= 4 is 5.97 Å². The Morgan fingerprint density at radius 1 is 1.24 bits per heavy atom. The van der Waals surface area contributed by atoms with E-state index in [1.807, 2.05) is 11.9 Å². The van der Waals surface area contributed by atoms with Crippen molar-refractivity contribution in [2.45, 2.75) is 51.3 Å². The molecule has 2 aromatic rings. The first-order valence-electron chi connectivity index (χ1n) is 8.78. The predicted molar refractivity (Wildman–Crippen MR) is 94.1 cm³/mol. The normalized spacial score (nSPS) is 15.6. The van der Waals surface area contributed by atoms with Crippen LogP contribution in [0.3, 0.4) is 0 Å². The van der Waals surface area contributed by atoms with E-state index in [1.54, 1.807) is 24.3 Å². The van der Waals surface area contributed by atoms with E-state index in [-0.39, 0.29) is 6.61 Å². The van der Waals surface area contributed by atoms with E-state index in [1.165, 1.54) is 24.1 Å². The van der Waals surface area contributed by atoms with Gasteiger partial charge in [-0.15, -0.1) is 0 Å². The number of fused-ring (bicyclic) bond motifs is 1. The molecule has 0 bridgehead atoms. The smallest absolute Gasteiger partial charge is 0.325 e. The van der Waals surface area contributed by atoms with Gasteiger partial charge in [-0.2, -0.15) is 5.10 Å². The summed E-state index contributed by atoms with van der Waals surface area (Å²) in [6.45, 7) is 0.442. The second kappa shape index (κ2) is 7.80. The van der Waals surface area contributed by atoms with E-state index in [0.717, 1.165) is 30.5 Å². The zero-order chi connectivity index (χ0) is 17.8. The number of nitrogens with zero attached hydrogens (tertiary/aromatic N) is 2. The number of aliphatic carboxylic acids is 1. The number of carboxylic acids is 1. The fraction of sp³-hybridized carbons (Fsp3) is 0.474. The van der Waals surface area contributed by atoms with Gasteiger partial charge in [0.25, 0.3) is 0 Å². The van der Waals surface area contributed by atoms with Crippen LogP contribution >= 0.6 is 0 Å².